The molecule has 3 aromatic rings. The molecule has 2 heterocycles. The zero-order chi connectivity index (χ0) is 23.1. The maximum absolute atomic E-state index is 5.91. The molecule has 0 aliphatic carbocycles. The Morgan fingerprint density at radius 2 is 1.67 bits per heavy atom. The molecule has 1 saturated heterocycles. The molecule has 2 aromatic carbocycles. The molecule has 1 aromatic heterocycles. The zero-order valence-electron chi connectivity index (χ0n) is 20.3. The molecule has 1 aliphatic heterocycles. The van der Waals surface area contributed by atoms with Gasteiger partial charge in [-0.25, -0.2) is 0 Å². The Labute approximate surface area is 199 Å². The highest BCUT2D eigenvalue weighted by Crippen LogP contribution is 2.35. The number of piperidine rings is 1. The van der Waals surface area contributed by atoms with Gasteiger partial charge in [-0.05, 0) is 75.1 Å². The third kappa shape index (κ3) is 6.43. The summed E-state index contributed by atoms with van der Waals surface area (Å²) >= 11 is 0. The van der Waals surface area contributed by atoms with Crippen LogP contribution in [0.5, 0.6) is 5.75 Å². The maximum atomic E-state index is 5.91. The Hall–Kier alpha value is -2.69. The van der Waals surface area contributed by atoms with Crippen molar-refractivity contribution in [3.8, 4) is 5.75 Å². The molecule has 1 aliphatic rings. The van der Waals surface area contributed by atoms with Crippen LogP contribution in [0, 0.1) is 12.3 Å². The van der Waals surface area contributed by atoms with E-state index >= 15 is 0 Å². The first-order valence-electron chi connectivity index (χ1n) is 12.1. The van der Waals surface area contributed by atoms with Gasteiger partial charge in [0.1, 0.15) is 12.4 Å². The third-order valence-electron chi connectivity index (χ3n) is 6.92. The van der Waals surface area contributed by atoms with Gasteiger partial charge in [0.2, 0.25) is 0 Å². The lowest BCUT2D eigenvalue weighted by molar-refractivity contribution is 0.0675. The molecular formula is C29H37N3O. The molecule has 4 rings (SSSR count). The van der Waals surface area contributed by atoms with E-state index in [1.165, 1.54) is 24.0 Å². The quantitative estimate of drug-likeness (QED) is 0.431. The summed E-state index contributed by atoms with van der Waals surface area (Å²) in [5.74, 6) is 0.956. The van der Waals surface area contributed by atoms with Gasteiger partial charge in [0.25, 0.3) is 0 Å². The lowest BCUT2D eigenvalue weighted by atomic mass is 9.79. The standard InChI is InChI=1S/C29H37N3O/c1-24-12-14-25(15-13-24)28(27-11-7-8-18-30-27)31(3)23-29(2)16-19-32(20-17-29)21-22-33-26-9-5-4-6-10-26/h4-15,18,28H,16-17,19-23H2,1-3H3/t28-/m1/s1. The van der Waals surface area contributed by atoms with E-state index in [1.807, 2.05) is 42.6 Å². The fourth-order valence-corrected chi connectivity index (χ4v) is 4.91. The molecule has 1 atom stereocenters. The van der Waals surface area contributed by atoms with Crippen molar-refractivity contribution >= 4 is 0 Å². The maximum Gasteiger partial charge on any atom is 0.119 e. The van der Waals surface area contributed by atoms with E-state index in [9.17, 15) is 0 Å². The molecule has 4 nitrogen and oxygen atoms in total. The minimum Gasteiger partial charge on any atom is -0.492 e. The predicted molar refractivity (Wildman–Crippen MR) is 136 cm³/mol. The van der Waals surface area contributed by atoms with E-state index in [2.05, 4.69) is 67.1 Å². The number of rotatable bonds is 9. The molecule has 4 heteroatoms. The summed E-state index contributed by atoms with van der Waals surface area (Å²) in [5.41, 5.74) is 4.00. The summed E-state index contributed by atoms with van der Waals surface area (Å²) < 4.78 is 5.91. The summed E-state index contributed by atoms with van der Waals surface area (Å²) in [7, 11) is 2.25. The van der Waals surface area contributed by atoms with Crippen LogP contribution in [0.3, 0.4) is 0 Å². The number of pyridine rings is 1. The van der Waals surface area contributed by atoms with Crippen LogP contribution in [-0.4, -0.2) is 54.6 Å². The van der Waals surface area contributed by atoms with Crippen LogP contribution in [0.25, 0.3) is 0 Å². The van der Waals surface area contributed by atoms with E-state index in [-0.39, 0.29) is 6.04 Å². The first kappa shape index (κ1) is 23.5. The molecule has 174 valence electrons. The third-order valence-corrected chi connectivity index (χ3v) is 6.92. The number of aromatic nitrogens is 1. The first-order valence-corrected chi connectivity index (χ1v) is 12.1. The Morgan fingerprint density at radius 3 is 2.33 bits per heavy atom. The summed E-state index contributed by atoms with van der Waals surface area (Å²) in [5, 5.41) is 0. The number of nitrogens with zero attached hydrogens (tertiary/aromatic N) is 3. The van der Waals surface area contributed by atoms with Crippen molar-refractivity contribution in [1.29, 1.82) is 0 Å². The fourth-order valence-electron chi connectivity index (χ4n) is 4.91. The van der Waals surface area contributed by atoms with E-state index in [0.29, 0.717) is 5.41 Å². The predicted octanol–water partition coefficient (Wildman–Crippen LogP) is 5.59. The van der Waals surface area contributed by atoms with Crippen LogP contribution in [0.4, 0.5) is 0 Å². The Bertz CT molecular complexity index is 967. The van der Waals surface area contributed by atoms with Gasteiger partial charge in [-0.3, -0.25) is 14.8 Å². The van der Waals surface area contributed by atoms with Crippen molar-refractivity contribution in [2.75, 3.05) is 39.8 Å². The van der Waals surface area contributed by atoms with Crippen molar-refractivity contribution in [3.63, 3.8) is 0 Å². The molecule has 0 spiro atoms. The van der Waals surface area contributed by atoms with Gasteiger partial charge >= 0.3 is 0 Å². The number of ether oxygens (including phenoxy) is 1. The number of para-hydroxylation sites is 1. The monoisotopic (exact) mass is 443 g/mol. The summed E-state index contributed by atoms with van der Waals surface area (Å²) in [6.45, 7) is 9.63. The van der Waals surface area contributed by atoms with Gasteiger partial charge in [0.05, 0.1) is 11.7 Å². The molecule has 0 unspecified atom stereocenters. The molecular weight excluding hydrogens is 406 g/mol. The van der Waals surface area contributed by atoms with Crippen LogP contribution in [0.15, 0.2) is 79.0 Å². The molecule has 1 fully saturated rings. The summed E-state index contributed by atoms with van der Waals surface area (Å²) in [6, 6.07) is 25.4. The van der Waals surface area contributed by atoms with E-state index in [0.717, 1.165) is 44.2 Å². The summed E-state index contributed by atoms with van der Waals surface area (Å²) in [6.07, 6.45) is 4.30. The van der Waals surface area contributed by atoms with E-state index in [4.69, 9.17) is 9.72 Å². The van der Waals surface area contributed by atoms with Crippen molar-refractivity contribution in [3.05, 3.63) is 95.8 Å². The van der Waals surface area contributed by atoms with Gasteiger partial charge in [0.15, 0.2) is 0 Å². The zero-order valence-corrected chi connectivity index (χ0v) is 20.3. The summed E-state index contributed by atoms with van der Waals surface area (Å²) in [4.78, 5) is 9.77. The van der Waals surface area contributed by atoms with Crippen LogP contribution >= 0.6 is 0 Å². The molecule has 0 N–H and O–H groups in total. The second kappa shape index (κ2) is 11.0. The molecule has 0 bridgehead atoms. The average Bonchev–Trinajstić information content (AvgIpc) is 2.83. The van der Waals surface area contributed by atoms with Gasteiger partial charge in [-0.15, -0.1) is 0 Å². The average molecular weight is 444 g/mol. The lowest BCUT2D eigenvalue weighted by Crippen LogP contribution is -2.45. The highest BCUT2D eigenvalue weighted by Gasteiger charge is 2.33. The molecule has 0 radical (unpaired) electrons. The lowest BCUT2D eigenvalue weighted by Gasteiger charge is -2.43. The number of likely N-dealkylation sites (tertiary alicyclic amines) is 1. The smallest absolute Gasteiger partial charge is 0.119 e. The topological polar surface area (TPSA) is 28.6 Å². The highest BCUT2D eigenvalue weighted by molar-refractivity contribution is 5.30. The van der Waals surface area contributed by atoms with Crippen LogP contribution < -0.4 is 4.74 Å². The Kier molecular flexibility index (Phi) is 7.79. The Morgan fingerprint density at radius 1 is 0.970 bits per heavy atom. The minimum atomic E-state index is 0.168. The van der Waals surface area contributed by atoms with Crippen LogP contribution in [0.2, 0.25) is 0 Å². The van der Waals surface area contributed by atoms with Crippen LogP contribution in [0.1, 0.15) is 42.6 Å². The largest absolute Gasteiger partial charge is 0.492 e. The van der Waals surface area contributed by atoms with Crippen molar-refractivity contribution in [2.24, 2.45) is 5.41 Å². The van der Waals surface area contributed by atoms with Gasteiger partial charge in [0, 0.05) is 19.3 Å². The fraction of sp³-hybridized carbons (Fsp3) is 0.414. The van der Waals surface area contributed by atoms with Crippen LogP contribution in [-0.2, 0) is 0 Å². The number of hydrogen-bond donors (Lipinski definition) is 0. The highest BCUT2D eigenvalue weighted by atomic mass is 16.5. The molecule has 33 heavy (non-hydrogen) atoms. The number of benzene rings is 2. The first-order chi connectivity index (χ1) is 16.0. The second-order valence-electron chi connectivity index (χ2n) is 9.80. The molecule has 0 saturated carbocycles. The number of aryl methyl sites for hydroxylation is 1. The Balaban J connectivity index is 1.35. The van der Waals surface area contributed by atoms with Crippen molar-refractivity contribution in [1.82, 2.24) is 14.8 Å². The van der Waals surface area contributed by atoms with E-state index in [1.54, 1.807) is 0 Å². The minimum absolute atomic E-state index is 0.168. The molecule has 0 amide bonds. The van der Waals surface area contributed by atoms with Crippen molar-refractivity contribution < 1.29 is 4.74 Å². The normalized spacial score (nSPS) is 17.1. The van der Waals surface area contributed by atoms with Crippen molar-refractivity contribution in [2.45, 2.75) is 32.7 Å². The van der Waals surface area contributed by atoms with Gasteiger partial charge in [-0.2, -0.15) is 0 Å². The van der Waals surface area contributed by atoms with E-state index < -0.39 is 0 Å². The van der Waals surface area contributed by atoms with Gasteiger partial charge in [-0.1, -0.05) is 61.0 Å². The van der Waals surface area contributed by atoms with Gasteiger partial charge < -0.3 is 4.74 Å². The number of hydrogen-bond acceptors (Lipinski definition) is 4. The second-order valence-corrected chi connectivity index (χ2v) is 9.80. The SMILES string of the molecule is Cc1ccc([C@H](c2ccccn2)N(C)CC2(C)CCN(CCOc3ccccc3)CC2)cc1.